The summed E-state index contributed by atoms with van der Waals surface area (Å²) in [5, 5.41) is 3.62. The summed E-state index contributed by atoms with van der Waals surface area (Å²) in [4.78, 5) is 33.9. The Morgan fingerprint density at radius 2 is 1.86 bits per heavy atom. The molecule has 0 bridgehead atoms. The molecule has 1 unspecified atom stereocenters. The van der Waals surface area contributed by atoms with Gasteiger partial charge >= 0.3 is 0 Å². The Hall–Kier alpha value is -3.35. The molecule has 0 saturated carbocycles. The number of aromatic nitrogens is 3. The van der Waals surface area contributed by atoms with E-state index in [1.807, 2.05) is 33.4 Å². The average molecular weight is 617 g/mol. The number of H-pyrrole nitrogens is 1. The van der Waals surface area contributed by atoms with Gasteiger partial charge in [0.25, 0.3) is 0 Å². The highest BCUT2D eigenvalue weighted by atomic mass is 32.2. The van der Waals surface area contributed by atoms with E-state index in [4.69, 9.17) is 9.47 Å². The topological polar surface area (TPSA) is 95.6 Å². The van der Waals surface area contributed by atoms with Crippen LogP contribution < -0.4 is 15.8 Å². The van der Waals surface area contributed by atoms with Gasteiger partial charge in [-0.25, -0.2) is 9.97 Å². The van der Waals surface area contributed by atoms with Crippen molar-refractivity contribution in [3.05, 3.63) is 82.7 Å². The number of rotatable bonds is 10. The minimum absolute atomic E-state index is 0.0982. The fraction of sp³-hybridized carbons (Fsp3) is 0.344. The zero-order chi connectivity index (χ0) is 29.8. The first kappa shape index (κ1) is 29.7. The number of ether oxygens (including phenoxy) is 2. The summed E-state index contributed by atoms with van der Waals surface area (Å²) in [6, 6.07) is 16.3. The number of hydrogen-bond donors (Lipinski definition) is 2. The predicted octanol–water partition coefficient (Wildman–Crippen LogP) is 5.32. The van der Waals surface area contributed by atoms with Crippen LogP contribution in [-0.2, 0) is 9.47 Å². The van der Waals surface area contributed by atoms with Crippen LogP contribution in [-0.4, -0.2) is 80.0 Å². The monoisotopic (exact) mass is 616 g/mol. The van der Waals surface area contributed by atoms with E-state index >= 15 is 0 Å². The summed E-state index contributed by atoms with van der Waals surface area (Å²) in [6.07, 6.45) is 3.68. The molecule has 0 aliphatic carbocycles. The second-order valence-electron chi connectivity index (χ2n) is 10.9. The zero-order valence-corrected chi connectivity index (χ0v) is 26.3. The number of nitrogens with zero attached hydrogens (tertiary/aromatic N) is 4. The quantitative estimate of drug-likeness (QED) is 0.201. The van der Waals surface area contributed by atoms with Crippen molar-refractivity contribution in [1.29, 1.82) is 0 Å². The number of aromatic amines is 1. The first-order valence-electron chi connectivity index (χ1n) is 14.4. The molecule has 1 saturated heterocycles. The number of pyridine rings is 1. The minimum Gasteiger partial charge on any atom is -0.378 e. The lowest BCUT2D eigenvalue weighted by atomic mass is 10.1. The van der Waals surface area contributed by atoms with Crippen LogP contribution in [0.25, 0.3) is 11.3 Å². The SMILES string of the molecule is Cc1cnc(C(COCCN(C)C)Nc2ccc3c(c2)Sc2cccc(-c4cc(N5CCOCC5)cc(=O)[nH]4)c2S3)nc1. The van der Waals surface area contributed by atoms with Gasteiger partial charge in [-0.3, -0.25) is 4.79 Å². The van der Waals surface area contributed by atoms with E-state index in [2.05, 4.69) is 72.5 Å². The molecule has 0 spiro atoms. The minimum atomic E-state index is -0.184. The van der Waals surface area contributed by atoms with E-state index in [0.29, 0.717) is 32.3 Å². The fourth-order valence-corrected chi connectivity index (χ4v) is 7.41. The molecule has 224 valence electrons. The molecule has 9 nitrogen and oxygen atoms in total. The standard InChI is InChI=1S/C32H36N6O3S2/c1-21-18-33-32(34-19-21)26(20-41-12-9-37(2)3)35-22-7-8-27-29(15-22)42-28-6-4-5-24(31(28)43-27)25-16-23(17-30(39)36-25)38-10-13-40-14-11-38/h4-8,15-19,26,35H,9-14,20H2,1-3H3,(H,36,39). The molecule has 43 heavy (non-hydrogen) atoms. The summed E-state index contributed by atoms with van der Waals surface area (Å²) in [5.41, 5.74) is 4.70. The summed E-state index contributed by atoms with van der Waals surface area (Å²) in [7, 11) is 4.07. The number of aryl methyl sites for hydroxylation is 1. The number of hydrogen-bond acceptors (Lipinski definition) is 10. The van der Waals surface area contributed by atoms with Crippen LogP contribution in [0.2, 0.25) is 0 Å². The van der Waals surface area contributed by atoms with Crippen LogP contribution in [0.15, 0.2) is 85.3 Å². The molecule has 4 aromatic rings. The molecule has 6 rings (SSSR count). The van der Waals surface area contributed by atoms with E-state index in [1.54, 1.807) is 29.6 Å². The smallest absolute Gasteiger partial charge is 0.250 e. The highest BCUT2D eigenvalue weighted by Crippen LogP contribution is 2.52. The van der Waals surface area contributed by atoms with Gasteiger partial charge in [-0.1, -0.05) is 35.7 Å². The zero-order valence-electron chi connectivity index (χ0n) is 24.6. The molecule has 1 fully saturated rings. The van der Waals surface area contributed by atoms with E-state index in [1.165, 1.54) is 9.79 Å². The maximum Gasteiger partial charge on any atom is 0.250 e. The first-order chi connectivity index (χ1) is 20.9. The lowest BCUT2D eigenvalue weighted by Crippen LogP contribution is -2.36. The van der Waals surface area contributed by atoms with Crippen molar-refractivity contribution in [2.45, 2.75) is 32.5 Å². The lowest BCUT2D eigenvalue weighted by Gasteiger charge is -2.29. The van der Waals surface area contributed by atoms with Gasteiger partial charge in [0.1, 0.15) is 6.04 Å². The van der Waals surface area contributed by atoms with Gasteiger partial charge in [0.05, 0.1) is 32.1 Å². The number of benzene rings is 2. The average Bonchev–Trinajstić information content (AvgIpc) is 3.01. The van der Waals surface area contributed by atoms with Crippen LogP contribution >= 0.6 is 23.5 Å². The fourth-order valence-electron chi connectivity index (χ4n) is 4.99. The number of fused-ring (bicyclic) bond motifs is 2. The Labute approximate surface area is 260 Å². The maximum absolute atomic E-state index is 12.7. The van der Waals surface area contributed by atoms with Crippen molar-refractivity contribution in [3.63, 3.8) is 0 Å². The molecule has 11 heteroatoms. The van der Waals surface area contributed by atoms with E-state index in [9.17, 15) is 4.79 Å². The molecule has 0 amide bonds. The highest BCUT2D eigenvalue weighted by Gasteiger charge is 2.23. The van der Waals surface area contributed by atoms with Crippen molar-refractivity contribution >= 4 is 34.9 Å². The van der Waals surface area contributed by atoms with E-state index in [-0.39, 0.29) is 11.6 Å². The molecular formula is C32H36N6O3S2. The summed E-state index contributed by atoms with van der Waals surface area (Å²) >= 11 is 3.48. The van der Waals surface area contributed by atoms with Crippen LogP contribution in [0.4, 0.5) is 11.4 Å². The molecule has 2 N–H and O–H groups in total. The van der Waals surface area contributed by atoms with Gasteiger partial charge in [0.15, 0.2) is 5.82 Å². The molecule has 1 atom stereocenters. The number of morpholine rings is 1. The number of anilines is 2. The van der Waals surface area contributed by atoms with Crippen LogP contribution in [0.5, 0.6) is 0 Å². The van der Waals surface area contributed by atoms with Crippen LogP contribution in [0.3, 0.4) is 0 Å². The largest absolute Gasteiger partial charge is 0.378 e. The Balaban J connectivity index is 1.23. The van der Waals surface area contributed by atoms with Crippen LogP contribution in [0, 0.1) is 6.92 Å². The molecule has 2 aliphatic rings. The highest BCUT2D eigenvalue weighted by molar-refractivity contribution is 8.05. The van der Waals surface area contributed by atoms with Crippen molar-refractivity contribution in [1.82, 2.24) is 19.9 Å². The van der Waals surface area contributed by atoms with E-state index in [0.717, 1.165) is 57.6 Å². The van der Waals surface area contributed by atoms with Crippen molar-refractivity contribution in [3.8, 4) is 11.3 Å². The Bertz CT molecular complexity index is 1620. The van der Waals surface area contributed by atoms with Crippen molar-refractivity contribution in [2.24, 2.45) is 0 Å². The van der Waals surface area contributed by atoms with Gasteiger partial charge < -0.3 is 29.6 Å². The Morgan fingerprint density at radius 1 is 1.05 bits per heavy atom. The third kappa shape index (κ3) is 7.25. The second-order valence-corrected chi connectivity index (χ2v) is 13.0. The second kappa shape index (κ2) is 13.5. The summed E-state index contributed by atoms with van der Waals surface area (Å²) in [6.45, 7) is 6.83. The van der Waals surface area contributed by atoms with E-state index < -0.39 is 0 Å². The molecule has 2 aromatic carbocycles. The van der Waals surface area contributed by atoms with Gasteiger partial charge in [-0.2, -0.15) is 0 Å². The first-order valence-corrected chi connectivity index (χ1v) is 16.0. The summed E-state index contributed by atoms with van der Waals surface area (Å²) in [5.74, 6) is 0.707. The molecule has 4 heterocycles. The van der Waals surface area contributed by atoms with Crippen molar-refractivity contribution in [2.75, 3.05) is 70.4 Å². The van der Waals surface area contributed by atoms with Gasteiger partial charge in [0, 0.05) is 74.6 Å². The molecular weight excluding hydrogens is 581 g/mol. The van der Waals surface area contributed by atoms with Gasteiger partial charge in [-0.05, 0) is 56.9 Å². The summed E-state index contributed by atoms with van der Waals surface area (Å²) < 4.78 is 11.5. The van der Waals surface area contributed by atoms with Crippen LogP contribution in [0.1, 0.15) is 17.4 Å². The Morgan fingerprint density at radius 3 is 2.65 bits per heavy atom. The molecule has 2 aromatic heterocycles. The molecule has 2 aliphatic heterocycles. The Kier molecular flexibility index (Phi) is 9.34. The predicted molar refractivity (Wildman–Crippen MR) is 173 cm³/mol. The third-order valence-electron chi connectivity index (χ3n) is 7.27. The number of likely N-dealkylation sites (N-methyl/N-ethyl adjacent to an activating group) is 1. The third-order valence-corrected chi connectivity index (χ3v) is 9.87. The van der Waals surface area contributed by atoms with Gasteiger partial charge in [-0.15, -0.1) is 0 Å². The lowest BCUT2D eigenvalue weighted by molar-refractivity contribution is 0.108. The van der Waals surface area contributed by atoms with Gasteiger partial charge in [0.2, 0.25) is 5.56 Å². The molecule has 0 radical (unpaired) electrons. The normalized spacial score (nSPS) is 15.2. The van der Waals surface area contributed by atoms with Crippen molar-refractivity contribution < 1.29 is 9.47 Å². The number of nitrogens with one attached hydrogen (secondary N) is 2. The maximum atomic E-state index is 12.7.